The van der Waals surface area contributed by atoms with Gasteiger partial charge in [0, 0.05) is 16.8 Å². The van der Waals surface area contributed by atoms with Crippen molar-refractivity contribution in [3.63, 3.8) is 0 Å². The predicted molar refractivity (Wildman–Crippen MR) is 98.1 cm³/mol. The molecular formula is C20H25N2O3+. The molecule has 2 aromatic rings. The first kappa shape index (κ1) is 18.7. The highest BCUT2D eigenvalue weighted by molar-refractivity contribution is 5.96. The summed E-state index contributed by atoms with van der Waals surface area (Å²) < 4.78 is 5.24. The summed E-state index contributed by atoms with van der Waals surface area (Å²) in [5.74, 6) is 0.762. The third-order valence-electron chi connectivity index (χ3n) is 4.31. The summed E-state index contributed by atoms with van der Waals surface area (Å²) in [6.45, 7) is 4.14. The van der Waals surface area contributed by atoms with E-state index >= 15 is 0 Å². The SMILES string of the molecule is COc1cccc(C[NH+](C)[C@@H](C)C(=O)Nc2ccc(C(C)=O)cc2)c1. The van der Waals surface area contributed by atoms with Gasteiger partial charge in [-0.1, -0.05) is 12.1 Å². The molecule has 0 aromatic heterocycles. The number of carbonyl (C=O) groups is 2. The molecular weight excluding hydrogens is 316 g/mol. The molecule has 132 valence electrons. The van der Waals surface area contributed by atoms with E-state index in [0.29, 0.717) is 11.3 Å². The number of hydrogen-bond acceptors (Lipinski definition) is 3. The first-order chi connectivity index (χ1) is 11.9. The highest BCUT2D eigenvalue weighted by atomic mass is 16.5. The van der Waals surface area contributed by atoms with Gasteiger partial charge in [-0.15, -0.1) is 0 Å². The van der Waals surface area contributed by atoms with Gasteiger partial charge in [-0.25, -0.2) is 0 Å². The summed E-state index contributed by atoms with van der Waals surface area (Å²) in [5.41, 5.74) is 2.44. The van der Waals surface area contributed by atoms with E-state index in [1.165, 1.54) is 6.92 Å². The molecule has 25 heavy (non-hydrogen) atoms. The lowest BCUT2D eigenvalue weighted by Gasteiger charge is -2.21. The number of rotatable bonds is 7. The van der Waals surface area contributed by atoms with E-state index in [-0.39, 0.29) is 17.7 Å². The van der Waals surface area contributed by atoms with Crippen molar-refractivity contribution >= 4 is 17.4 Å². The highest BCUT2D eigenvalue weighted by Gasteiger charge is 2.22. The summed E-state index contributed by atoms with van der Waals surface area (Å²) in [6.07, 6.45) is 0. The molecule has 0 spiro atoms. The van der Waals surface area contributed by atoms with E-state index in [0.717, 1.165) is 22.8 Å². The van der Waals surface area contributed by atoms with Crippen molar-refractivity contribution in [1.82, 2.24) is 0 Å². The van der Waals surface area contributed by atoms with Crippen LogP contribution in [0.3, 0.4) is 0 Å². The minimum atomic E-state index is -0.223. The zero-order chi connectivity index (χ0) is 18.4. The fourth-order valence-electron chi connectivity index (χ4n) is 2.52. The number of hydrogen-bond donors (Lipinski definition) is 2. The number of benzene rings is 2. The van der Waals surface area contributed by atoms with Crippen molar-refractivity contribution in [3.8, 4) is 5.75 Å². The fraction of sp³-hybridized carbons (Fsp3) is 0.300. The number of ketones is 1. The smallest absolute Gasteiger partial charge is 0.282 e. The van der Waals surface area contributed by atoms with Gasteiger partial charge in [0.1, 0.15) is 12.3 Å². The van der Waals surface area contributed by atoms with Crippen LogP contribution in [0.25, 0.3) is 0 Å². The lowest BCUT2D eigenvalue weighted by atomic mass is 10.1. The van der Waals surface area contributed by atoms with Crippen molar-refractivity contribution in [2.75, 3.05) is 19.5 Å². The van der Waals surface area contributed by atoms with Gasteiger partial charge in [-0.3, -0.25) is 9.59 Å². The maximum Gasteiger partial charge on any atom is 0.282 e. The second-order valence-corrected chi connectivity index (χ2v) is 6.22. The van der Waals surface area contributed by atoms with Crippen LogP contribution >= 0.6 is 0 Å². The number of methoxy groups -OCH3 is 1. The third kappa shape index (κ3) is 5.16. The Morgan fingerprint density at radius 3 is 2.44 bits per heavy atom. The summed E-state index contributed by atoms with van der Waals surface area (Å²) >= 11 is 0. The Labute approximate surface area is 148 Å². The lowest BCUT2D eigenvalue weighted by Crippen LogP contribution is -3.12. The number of Topliss-reactive ketones (excluding diaryl/α,β-unsaturated/α-hetero) is 1. The Balaban J connectivity index is 1.97. The van der Waals surface area contributed by atoms with E-state index in [2.05, 4.69) is 5.32 Å². The number of ether oxygens (including phenoxy) is 1. The summed E-state index contributed by atoms with van der Waals surface area (Å²) in [6, 6.07) is 14.6. The molecule has 0 bridgehead atoms. The standard InChI is InChI=1S/C20H24N2O3/c1-14(22(3)13-16-6-5-7-19(12-16)25-4)20(24)21-18-10-8-17(9-11-18)15(2)23/h5-12,14H,13H2,1-4H3,(H,21,24)/p+1/t14-/m0/s1. The molecule has 2 N–H and O–H groups in total. The van der Waals surface area contributed by atoms with E-state index < -0.39 is 0 Å². The van der Waals surface area contributed by atoms with Gasteiger partial charge in [-0.05, 0) is 50.2 Å². The first-order valence-corrected chi connectivity index (χ1v) is 8.28. The fourth-order valence-corrected chi connectivity index (χ4v) is 2.52. The van der Waals surface area contributed by atoms with Crippen molar-refractivity contribution in [3.05, 3.63) is 59.7 Å². The molecule has 5 nitrogen and oxygen atoms in total. The molecule has 2 aromatic carbocycles. The summed E-state index contributed by atoms with van der Waals surface area (Å²) in [5, 5.41) is 2.90. The molecule has 0 aliphatic heterocycles. The van der Waals surface area contributed by atoms with Crippen LogP contribution in [-0.2, 0) is 11.3 Å². The van der Waals surface area contributed by atoms with Crippen LogP contribution in [0.5, 0.6) is 5.75 Å². The number of nitrogens with one attached hydrogen (secondary N) is 2. The van der Waals surface area contributed by atoms with Crippen LogP contribution in [-0.4, -0.2) is 31.9 Å². The lowest BCUT2D eigenvalue weighted by molar-refractivity contribution is -0.907. The third-order valence-corrected chi connectivity index (χ3v) is 4.31. The van der Waals surface area contributed by atoms with Crippen LogP contribution in [0.15, 0.2) is 48.5 Å². The molecule has 2 rings (SSSR count). The number of anilines is 1. The molecule has 1 unspecified atom stereocenters. The van der Waals surface area contributed by atoms with Crippen molar-refractivity contribution in [2.24, 2.45) is 0 Å². The van der Waals surface area contributed by atoms with E-state index in [1.807, 2.05) is 38.2 Å². The van der Waals surface area contributed by atoms with Crippen LogP contribution in [0.1, 0.15) is 29.8 Å². The zero-order valence-corrected chi connectivity index (χ0v) is 15.1. The first-order valence-electron chi connectivity index (χ1n) is 8.28. The Bertz CT molecular complexity index is 741. The number of likely N-dealkylation sites (N-methyl/N-ethyl adjacent to an activating group) is 1. The minimum absolute atomic E-state index is 0.00807. The van der Waals surface area contributed by atoms with Crippen molar-refractivity contribution in [2.45, 2.75) is 26.4 Å². The topological polar surface area (TPSA) is 59.8 Å². The van der Waals surface area contributed by atoms with Crippen LogP contribution in [0.2, 0.25) is 0 Å². The van der Waals surface area contributed by atoms with Gasteiger partial charge < -0.3 is 15.0 Å². The van der Waals surface area contributed by atoms with E-state index in [4.69, 9.17) is 4.74 Å². The monoisotopic (exact) mass is 341 g/mol. The Hall–Kier alpha value is -2.66. The molecule has 0 saturated heterocycles. The van der Waals surface area contributed by atoms with Gasteiger partial charge >= 0.3 is 0 Å². The van der Waals surface area contributed by atoms with Crippen LogP contribution < -0.4 is 15.0 Å². The average Bonchev–Trinajstić information content (AvgIpc) is 2.61. The van der Waals surface area contributed by atoms with Crippen LogP contribution in [0.4, 0.5) is 5.69 Å². The summed E-state index contributed by atoms with van der Waals surface area (Å²) in [7, 11) is 3.63. The van der Waals surface area contributed by atoms with E-state index in [9.17, 15) is 9.59 Å². The Morgan fingerprint density at radius 2 is 1.84 bits per heavy atom. The Kier molecular flexibility index (Phi) is 6.31. The summed E-state index contributed by atoms with van der Waals surface area (Å²) in [4.78, 5) is 24.8. The van der Waals surface area contributed by atoms with Crippen molar-refractivity contribution in [1.29, 1.82) is 0 Å². The largest absolute Gasteiger partial charge is 0.497 e. The maximum atomic E-state index is 12.5. The minimum Gasteiger partial charge on any atom is -0.497 e. The van der Waals surface area contributed by atoms with Gasteiger partial charge in [0.2, 0.25) is 0 Å². The molecule has 0 radical (unpaired) electrons. The van der Waals surface area contributed by atoms with Crippen molar-refractivity contribution < 1.29 is 19.2 Å². The number of carbonyl (C=O) groups excluding carboxylic acids is 2. The number of amides is 1. The van der Waals surface area contributed by atoms with Gasteiger partial charge in [0.05, 0.1) is 14.2 Å². The predicted octanol–water partition coefficient (Wildman–Crippen LogP) is 1.94. The molecule has 1 amide bonds. The van der Waals surface area contributed by atoms with Gasteiger partial charge in [-0.2, -0.15) is 0 Å². The molecule has 0 heterocycles. The zero-order valence-electron chi connectivity index (χ0n) is 15.1. The quantitative estimate of drug-likeness (QED) is 0.757. The van der Waals surface area contributed by atoms with Crippen LogP contribution in [0, 0.1) is 0 Å². The Morgan fingerprint density at radius 1 is 1.16 bits per heavy atom. The highest BCUT2D eigenvalue weighted by Crippen LogP contribution is 2.12. The second kappa shape index (κ2) is 8.44. The second-order valence-electron chi connectivity index (χ2n) is 6.22. The molecule has 0 aliphatic rings. The maximum absolute atomic E-state index is 12.5. The van der Waals surface area contributed by atoms with Gasteiger partial charge in [0.25, 0.3) is 5.91 Å². The molecule has 2 atom stereocenters. The van der Waals surface area contributed by atoms with Gasteiger partial charge in [0.15, 0.2) is 11.8 Å². The molecule has 5 heteroatoms. The molecule has 0 aliphatic carbocycles. The normalized spacial score (nSPS) is 13.0. The van der Waals surface area contributed by atoms with E-state index in [1.54, 1.807) is 31.4 Å². The average molecular weight is 341 g/mol. The molecule has 0 fully saturated rings. The molecule has 0 saturated carbocycles. The number of quaternary nitrogens is 1.